The van der Waals surface area contributed by atoms with Gasteiger partial charge in [0.1, 0.15) is 5.82 Å². The summed E-state index contributed by atoms with van der Waals surface area (Å²) in [7, 11) is 0. The van der Waals surface area contributed by atoms with E-state index in [4.69, 9.17) is 11.6 Å². The van der Waals surface area contributed by atoms with Gasteiger partial charge in [0.25, 0.3) is 0 Å². The lowest BCUT2D eigenvalue weighted by molar-refractivity contribution is 0.176. The van der Waals surface area contributed by atoms with Crippen LogP contribution in [0.5, 0.6) is 0 Å². The van der Waals surface area contributed by atoms with E-state index < -0.39 is 6.10 Å². The number of aliphatic hydroxyl groups excluding tert-OH is 1. The van der Waals surface area contributed by atoms with Gasteiger partial charge in [-0.3, -0.25) is 0 Å². The Morgan fingerprint density at radius 1 is 1.26 bits per heavy atom. The highest BCUT2D eigenvalue weighted by atomic mass is 79.9. The molecule has 2 rings (SSSR count). The maximum absolute atomic E-state index is 13.7. The molecule has 1 nitrogen and oxygen atoms in total. The first-order chi connectivity index (χ1) is 9.00. The van der Waals surface area contributed by atoms with Crippen molar-refractivity contribution < 1.29 is 9.50 Å². The van der Waals surface area contributed by atoms with Crippen LogP contribution in [-0.2, 0) is 6.42 Å². The number of aliphatic hydroxyl groups is 1. The molecule has 0 radical (unpaired) electrons. The van der Waals surface area contributed by atoms with E-state index in [1.54, 1.807) is 12.1 Å². The molecule has 1 unspecified atom stereocenters. The first-order valence-electron chi connectivity index (χ1n) is 5.86. The Hall–Kier alpha value is -0.900. The quantitative estimate of drug-likeness (QED) is 0.846. The Labute approximate surface area is 125 Å². The van der Waals surface area contributed by atoms with Crippen LogP contribution in [0.4, 0.5) is 4.39 Å². The Bertz CT molecular complexity index is 580. The van der Waals surface area contributed by atoms with Crippen molar-refractivity contribution in [2.75, 3.05) is 0 Å². The van der Waals surface area contributed by atoms with Crippen molar-refractivity contribution in [3.05, 3.63) is 68.4 Å². The second-order valence-corrected chi connectivity index (χ2v) is 5.64. The molecule has 2 aromatic rings. The number of hydrogen-bond acceptors (Lipinski definition) is 1. The molecule has 19 heavy (non-hydrogen) atoms. The van der Waals surface area contributed by atoms with Crippen LogP contribution in [0.2, 0.25) is 5.02 Å². The van der Waals surface area contributed by atoms with Crippen LogP contribution in [0, 0.1) is 12.7 Å². The van der Waals surface area contributed by atoms with Crippen LogP contribution < -0.4 is 0 Å². The highest BCUT2D eigenvalue weighted by molar-refractivity contribution is 9.10. The van der Waals surface area contributed by atoms with Crippen molar-refractivity contribution in [2.24, 2.45) is 0 Å². The molecule has 0 heterocycles. The van der Waals surface area contributed by atoms with E-state index in [1.807, 2.05) is 25.1 Å². The predicted octanol–water partition coefficient (Wildman–Crippen LogP) is 4.83. The standard InChI is InChI=1S/C15H13BrClFO/c1-9-10(4-2-5-12(9)16)15(19)8-11-13(17)6-3-7-14(11)18/h2-7,15,19H,8H2,1H3. The second-order valence-electron chi connectivity index (χ2n) is 4.37. The van der Waals surface area contributed by atoms with Crippen LogP contribution in [0.15, 0.2) is 40.9 Å². The zero-order valence-corrected chi connectivity index (χ0v) is 12.7. The molecule has 0 saturated carbocycles. The van der Waals surface area contributed by atoms with Crippen LogP contribution in [-0.4, -0.2) is 5.11 Å². The minimum absolute atomic E-state index is 0.156. The molecule has 0 aliphatic rings. The van der Waals surface area contributed by atoms with Crippen molar-refractivity contribution in [1.29, 1.82) is 0 Å². The summed E-state index contributed by atoms with van der Waals surface area (Å²) >= 11 is 9.39. The average molecular weight is 344 g/mol. The summed E-state index contributed by atoms with van der Waals surface area (Å²) in [5, 5.41) is 10.6. The lowest BCUT2D eigenvalue weighted by Crippen LogP contribution is -2.06. The van der Waals surface area contributed by atoms with Crippen LogP contribution in [0.3, 0.4) is 0 Å². The molecule has 0 aromatic heterocycles. The fourth-order valence-corrected chi connectivity index (χ4v) is 2.64. The van der Waals surface area contributed by atoms with Crippen LogP contribution in [0.1, 0.15) is 22.8 Å². The number of halogens is 3. The molecule has 1 N–H and O–H groups in total. The summed E-state index contributed by atoms with van der Waals surface area (Å²) in [6.07, 6.45) is -0.630. The molecule has 0 aliphatic heterocycles. The molecule has 0 saturated heterocycles. The summed E-state index contributed by atoms with van der Waals surface area (Å²) < 4.78 is 14.6. The van der Waals surface area contributed by atoms with E-state index in [2.05, 4.69) is 15.9 Å². The fraction of sp³-hybridized carbons (Fsp3) is 0.200. The van der Waals surface area contributed by atoms with Crippen molar-refractivity contribution in [3.8, 4) is 0 Å². The molecule has 4 heteroatoms. The summed E-state index contributed by atoms with van der Waals surface area (Å²) in [5.74, 6) is -0.390. The van der Waals surface area contributed by atoms with Gasteiger partial charge in [0.15, 0.2) is 0 Å². The zero-order valence-electron chi connectivity index (χ0n) is 10.3. The maximum atomic E-state index is 13.7. The topological polar surface area (TPSA) is 20.2 Å². The monoisotopic (exact) mass is 342 g/mol. The van der Waals surface area contributed by atoms with Gasteiger partial charge in [-0.2, -0.15) is 0 Å². The van der Waals surface area contributed by atoms with Gasteiger partial charge in [0.2, 0.25) is 0 Å². The van der Waals surface area contributed by atoms with Crippen molar-refractivity contribution in [1.82, 2.24) is 0 Å². The molecule has 1 atom stereocenters. The van der Waals surface area contributed by atoms with Gasteiger partial charge in [-0.15, -0.1) is 0 Å². The highest BCUT2D eigenvalue weighted by Gasteiger charge is 2.16. The highest BCUT2D eigenvalue weighted by Crippen LogP contribution is 2.29. The molecule has 0 aliphatic carbocycles. The first kappa shape index (κ1) is 14.5. The predicted molar refractivity (Wildman–Crippen MR) is 79.0 cm³/mol. The van der Waals surface area contributed by atoms with Crippen molar-refractivity contribution >= 4 is 27.5 Å². The number of hydrogen-bond donors (Lipinski definition) is 1. The second kappa shape index (κ2) is 6.04. The third-order valence-corrected chi connectivity index (χ3v) is 4.34. The molecule has 0 bridgehead atoms. The molecule has 2 aromatic carbocycles. The molecule has 0 fully saturated rings. The van der Waals surface area contributed by atoms with Crippen LogP contribution >= 0.6 is 27.5 Å². The lowest BCUT2D eigenvalue weighted by atomic mass is 9.97. The van der Waals surface area contributed by atoms with Crippen LogP contribution in [0.25, 0.3) is 0 Å². The SMILES string of the molecule is Cc1c(Br)cccc1C(O)Cc1c(F)cccc1Cl. The van der Waals surface area contributed by atoms with Gasteiger partial charge in [0, 0.05) is 21.5 Å². The van der Waals surface area contributed by atoms with E-state index in [1.165, 1.54) is 6.07 Å². The summed E-state index contributed by atoms with van der Waals surface area (Å²) in [5.41, 5.74) is 2.06. The van der Waals surface area contributed by atoms with Gasteiger partial charge in [0.05, 0.1) is 6.10 Å². The minimum Gasteiger partial charge on any atom is -0.388 e. The van der Waals surface area contributed by atoms with E-state index >= 15 is 0 Å². The van der Waals surface area contributed by atoms with E-state index in [9.17, 15) is 9.50 Å². The molecule has 100 valence electrons. The maximum Gasteiger partial charge on any atom is 0.127 e. The first-order valence-corrected chi connectivity index (χ1v) is 7.03. The van der Waals surface area contributed by atoms with Gasteiger partial charge < -0.3 is 5.11 Å². The Morgan fingerprint density at radius 2 is 1.95 bits per heavy atom. The Kier molecular flexibility index (Phi) is 4.61. The van der Waals surface area contributed by atoms with Crippen molar-refractivity contribution in [2.45, 2.75) is 19.4 Å². The number of rotatable bonds is 3. The van der Waals surface area contributed by atoms with E-state index in [0.717, 1.165) is 15.6 Å². The molecular formula is C15H13BrClFO. The summed E-state index contributed by atoms with van der Waals surface area (Å²) in [6.45, 7) is 1.91. The average Bonchev–Trinajstić information content (AvgIpc) is 2.37. The minimum atomic E-state index is -0.785. The zero-order chi connectivity index (χ0) is 14.0. The largest absolute Gasteiger partial charge is 0.388 e. The lowest BCUT2D eigenvalue weighted by Gasteiger charge is -2.16. The van der Waals surface area contributed by atoms with Gasteiger partial charge >= 0.3 is 0 Å². The molecule has 0 spiro atoms. The Morgan fingerprint density at radius 3 is 2.63 bits per heavy atom. The third-order valence-electron chi connectivity index (χ3n) is 3.13. The van der Waals surface area contributed by atoms with Gasteiger partial charge in [-0.25, -0.2) is 4.39 Å². The fourth-order valence-electron chi connectivity index (χ4n) is 2.02. The smallest absolute Gasteiger partial charge is 0.127 e. The summed E-state index contributed by atoms with van der Waals surface area (Å²) in [4.78, 5) is 0. The number of benzene rings is 2. The summed E-state index contributed by atoms with van der Waals surface area (Å²) in [6, 6.07) is 10.1. The van der Waals surface area contributed by atoms with E-state index in [-0.39, 0.29) is 12.2 Å². The van der Waals surface area contributed by atoms with Gasteiger partial charge in [-0.1, -0.05) is 45.7 Å². The molecule has 0 amide bonds. The van der Waals surface area contributed by atoms with Crippen molar-refractivity contribution in [3.63, 3.8) is 0 Å². The normalized spacial score (nSPS) is 12.5. The Balaban J connectivity index is 2.31. The third kappa shape index (κ3) is 3.16. The molecular weight excluding hydrogens is 331 g/mol. The van der Waals surface area contributed by atoms with E-state index in [0.29, 0.717) is 10.6 Å². The van der Waals surface area contributed by atoms with Gasteiger partial charge in [-0.05, 0) is 36.2 Å².